The molecule has 1 aliphatic rings. The molecule has 0 spiro atoms. The molecule has 0 unspecified atom stereocenters. The van der Waals surface area contributed by atoms with Crippen LogP contribution < -0.4 is 0 Å². The zero-order valence-electron chi connectivity index (χ0n) is 17.3. The summed E-state index contributed by atoms with van der Waals surface area (Å²) in [7, 11) is 4.25. The first-order valence-corrected chi connectivity index (χ1v) is 10.5. The van der Waals surface area contributed by atoms with E-state index >= 15 is 0 Å². The first-order chi connectivity index (χ1) is 13.1. The third kappa shape index (κ3) is 4.12. The molecule has 1 heterocycles. The average Bonchev–Trinajstić information content (AvgIpc) is 3.25. The van der Waals surface area contributed by atoms with Crippen LogP contribution in [0.2, 0.25) is 10.0 Å². The van der Waals surface area contributed by atoms with Gasteiger partial charge in [-0.25, -0.2) is 4.68 Å². The minimum absolute atomic E-state index is 0.0123. The Morgan fingerprint density at radius 2 is 1.86 bits per heavy atom. The molecule has 0 N–H and O–H groups in total. The third-order valence-electron chi connectivity index (χ3n) is 5.77. The van der Waals surface area contributed by atoms with Crippen LogP contribution in [0, 0.1) is 5.41 Å². The van der Waals surface area contributed by atoms with Crippen molar-refractivity contribution in [2.75, 3.05) is 14.1 Å². The van der Waals surface area contributed by atoms with Gasteiger partial charge in [0.25, 0.3) is 0 Å². The Bertz CT molecular complexity index is 845. The fourth-order valence-electron chi connectivity index (χ4n) is 4.09. The Kier molecular flexibility index (Phi) is 6.18. The molecular formula is C21H29Cl2N5. The van der Waals surface area contributed by atoms with E-state index in [0.717, 1.165) is 24.2 Å². The van der Waals surface area contributed by atoms with Gasteiger partial charge >= 0.3 is 0 Å². The molecule has 0 amide bonds. The molecule has 1 atom stereocenters. The van der Waals surface area contributed by atoms with Crippen molar-refractivity contribution in [3.05, 3.63) is 45.7 Å². The van der Waals surface area contributed by atoms with Gasteiger partial charge in [0.2, 0.25) is 0 Å². The number of aromatic nitrogens is 4. The summed E-state index contributed by atoms with van der Waals surface area (Å²) in [5.74, 6) is 0.946. The summed E-state index contributed by atoms with van der Waals surface area (Å²) in [4.78, 5) is 2.28. The molecule has 28 heavy (non-hydrogen) atoms. The van der Waals surface area contributed by atoms with Crippen LogP contribution >= 0.6 is 23.2 Å². The maximum absolute atomic E-state index is 6.36. The molecule has 1 aromatic carbocycles. The predicted octanol–water partition coefficient (Wildman–Crippen LogP) is 5.61. The van der Waals surface area contributed by atoms with Gasteiger partial charge in [-0.1, -0.05) is 75.0 Å². The first-order valence-electron chi connectivity index (χ1n) is 9.74. The van der Waals surface area contributed by atoms with Crippen molar-refractivity contribution in [2.24, 2.45) is 5.41 Å². The van der Waals surface area contributed by atoms with Gasteiger partial charge in [-0.15, -0.1) is 5.10 Å². The summed E-state index contributed by atoms with van der Waals surface area (Å²) < 4.78 is 2.01. The molecule has 1 aromatic heterocycles. The fraction of sp³-hybridized carbons (Fsp3) is 0.571. The van der Waals surface area contributed by atoms with Gasteiger partial charge in [0, 0.05) is 10.0 Å². The van der Waals surface area contributed by atoms with E-state index in [-0.39, 0.29) is 17.0 Å². The van der Waals surface area contributed by atoms with E-state index in [0.29, 0.717) is 10.0 Å². The van der Waals surface area contributed by atoms with Gasteiger partial charge in [-0.05, 0) is 60.5 Å². The number of benzene rings is 1. The summed E-state index contributed by atoms with van der Waals surface area (Å²) in [6.45, 7) is 6.61. The van der Waals surface area contributed by atoms with Crippen molar-refractivity contribution in [3.63, 3.8) is 0 Å². The Morgan fingerprint density at radius 1 is 1.18 bits per heavy atom. The second-order valence-electron chi connectivity index (χ2n) is 8.92. The minimum atomic E-state index is -0.112. The second-order valence-corrected chi connectivity index (χ2v) is 9.76. The fourth-order valence-corrected chi connectivity index (χ4v) is 4.56. The number of rotatable bonds is 5. The largest absolute Gasteiger partial charge is 0.297 e. The summed E-state index contributed by atoms with van der Waals surface area (Å²) in [5, 5.41) is 14.3. The van der Waals surface area contributed by atoms with Crippen molar-refractivity contribution in [1.82, 2.24) is 25.1 Å². The zero-order valence-corrected chi connectivity index (χ0v) is 18.8. The van der Waals surface area contributed by atoms with Crippen LogP contribution in [-0.2, 0) is 5.54 Å². The molecular weight excluding hydrogens is 393 g/mol. The first kappa shape index (κ1) is 21.3. The Labute approximate surface area is 177 Å². The van der Waals surface area contributed by atoms with E-state index in [1.165, 1.54) is 12.8 Å². The molecule has 3 rings (SSSR count). The van der Waals surface area contributed by atoms with Crippen molar-refractivity contribution >= 4 is 29.3 Å². The maximum Gasteiger partial charge on any atom is 0.172 e. The number of allylic oxidation sites excluding steroid dienone is 1. The van der Waals surface area contributed by atoms with Crippen molar-refractivity contribution in [1.29, 1.82) is 0 Å². The Hall–Kier alpha value is -1.43. The number of hydrogen-bond donors (Lipinski definition) is 0. The Balaban J connectivity index is 2.03. The molecule has 5 nitrogen and oxygen atoms in total. The molecule has 2 aromatic rings. The van der Waals surface area contributed by atoms with Crippen LogP contribution in [0.3, 0.4) is 0 Å². The number of tetrazole rings is 1. The molecule has 0 bridgehead atoms. The van der Waals surface area contributed by atoms with Gasteiger partial charge in [0.1, 0.15) is 0 Å². The number of hydrogen-bond acceptors (Lipinski definition) is 4. The molecule has 1 fully saturated rings. The summed E-state index contributed by atoms with van der Waals surface area (Å²) in [5.41, 5.74) is 0.739. The maximum atomic E-state index is 6.36. The van der Waals surface area contributed by atoms with E-state index < -0.39 is 0 Å². The highest BCUT2D eigenvalue weighted by molar-refractivity contribution is 6.35. The molecule has 1 aliphatic carbocycles. The van der Waals surface area contributed by atoms with E-state index in [1.54, 1.807) is 6.07 Å². The lowest BCUT2D eigenvalue weighted by Gasteiger charge is -2.37. The van der Waals surface area contributed by atoms with Gasteiger partial charge in [0.05, 0.1) is 11.6 Å². The zero-order chi connectivity index (χ0) is 20.5. The quantitative estimate of drug-likeness (QED) is 0.628. The van der Waals surface area contributed by atoms with Crippen molar-refractivity contribution in [3.8, 4) is 0 Å². The molecule has 0 aliphatic heterocycles. The molecule has 0 saturated heterocycles. The van der Waals surface area contributed by atoms with Crippen LogP contribution in [0.15, 0.2) is 24.3 Å². The second kappa shape index (κ2) is 8.13. The summed E-state index contributed by atoms with van der Waals surface area (Å²) in [6, 6.07) is 5.53. The van der Waals surface area contributed by atoms with Crippen LogP contribution in [0.1, 0.15) is 63.9 Å². The van der Waals surface area contributed by atoms with E-state index in [1.807, 2.05) is 22.9 Å². The van der Waals surface area contributed by atoms with Crippen LogP contribution in [0.4, 0.5) is 0 Å². The van der Waals surface area contributed by atoms with Crippen LogP contribution in [0.5, 0.6) is 0 Å². The topological polar surface area (TPSA) is 46.8 Å². The average molecular weight is 422 g/mol. The van der Waals surface area contributed by atoms with E-state index in [4.69, 9.17) is 23.2 Å². The highest BCUT2D eigenvalue weighted by Gasteiger charge is 2.44. The third-order valence-corrected chi connectivity index (χ3v) is 6.33. The highest BCUT2D eigenvalue weighted by atomic mass is 35.5. The number of halogens is 2. The lowest BCUT2D eigenvalue weighted by Crippen LogP contribution is -2.42. The van der Waals surface area contributed by atoms with Gasteiger partial charge in [0.15, 0.2) is 5.82 Å². The predicted molar refractivity (Wildman–Crippen MR) is 116 cm³/mol. The van der Waals surface area contributed by atoms with E-state index in [9.17, 15) is 0 Å². The molecule has 7 heteroatoms. The highest BCUT2D eigenvalue weighted by Crippen LogP contribution is 2.43. The monoisotopic (exact) mass is 421 g/mol. The SMILES string of the molecule is CN(C)C1(c2nnnn2[C@@H](C=Cc2ccc(Cl)cc2Cl)C(C)(C)C)CCCC1. The van der Waals surface area contributed by atoms with Gasteiger partial charge < -0.3 is 0 Å². The molecule has 1 saturated carbocycles. The van der Waals surface area contributed by atoms with Crippen LogP contribution in [-0.4, -0.2) is 39.2 Å². The smallest absolute Gasteiger partial charge is 0.172 e. The summed E-state index contributed by atoms with van der Waals surface area (Å²) in [6.07, 6.45) is 8.72. The summed E-state index contributed by atoms with van der Waals surface area (Å²) >= 11 is 12.4. The Morgan fingerprint density at radius 3 is 2.43 bits per heavy atom. The molecule has 152 valence electrons. The molecule has 0 radical (unpaired) electrons. The van der Waals surface area contributed by atoms with Gasteiger partial charge in [-0.2, -0.15) is 0 Å². The van der Waals surface area contributed by atoms with Crippen molar-refractivity contribution in [2.45, 2.75) is 58.0 Å². The standard InChI is InChI=1S/C21H29Cl2N5/c1-20(2,3)18(11-9-15-8-10-16(22)14-17(15)23)28-19(24-25-26-28)21(27(4)5)12-6-7-13-21/h8-11,14,18H,6-7,12-13H2,1-5H3/t18-/m0/s1. The lowest BCUT2D eigenvalue weighted by atomic mass is 9.85. The van der Waals surface area contributed by atoms with Crippen LogP contribution in [0.25, 0.3) is 6.08 Å². The van der Waals surface area contributed by atoms with Gasteiger partial charge in [-0.3, -0.25) is 4.90 Å². The lowest BCUT2D eigenvalue weighted by molar-refractivity contribution is 0.130. The minimum Gasteiger partial charge on any atom is -0.297 e. The van der Waals surface area contributed by atoms with E-state index in [2.05, 4.69) is 61.4 Å². The normalized spacial score (nSPS) is 18.3. The van der Waals surface area contributed by atoms with Crippen molar-refractivity contribution < 1.29 is 0 Å². The number of nitrogens with zero attached hydrogens (tertiary/aromatic N) is 5.